The highest BCUT2D eigenvalue weighted by Crippen LogP contribution is 2.29. The number of halogens is 2. The minimum Gasteiger partial charge on any atom is -0.377 e. The Balaban J connectivity index is 1.41. The molecule has 2 aromatic carbocycles. The third-order valence-electron chi connectivity index (χ3n) is 6.76. The zero-order chi connectivity index (χ0) is 26.6. The number of aromatic amines is 1. The first-order chi connectivity index (χ1) is 18.4. The van der Waals surface area contributed by atoms with Crippen molar-refractivity contribution in [2.24, 2.45) is 0 Å². The summed E-state index contributed by atoms with van der Waals surface area (Å²) in [5.74, 6) is -3.11. The van der Waals surface area contributed by atoms with E-state index in [0.717, 1.165) is 28.6 Å². The molecule has 0 radical (unpaired) electrons. The zero-order valence-corrected chi connectivity index (χ0v) is 20.3. The van der Waals surface area contributed by atoms with E-state index in [0.29, 0.717) is 25.1 Å². The van der Waals surface area contributed by atoms with Gasteiger partial charge in [-0.1, -0.05) is 23.4 Å². The number of amides is 2. The second-order valence-electron chi connectivity index (χ2n) is 9.13. The molecule has 0 spiro atoms. The second kappa shape index (κ2) is 11.1. The van der Waals surface area contributed by atoms with Crippen molar-refractivity contribution in [1.82, 2.24) is 30.4 Å². The van der Waals surface area contributed by atoms with Crippen LogP contribution >= 0.6 is 0 Å². The number of morpholine rings is 1. The third-order valence-corrected chi connectivity index (χ3v) is 6.76. The molecule has 198 valence electrons. The highest BCUT2D eigenvalue weighted by atomic mass is 19.2. The van der Waals surface area contributed by atoms with Crippen LogP contribution in [0.2, 0.25) is 0 Å². The fourth-order valence-electron chi connectivity index (χ4n) is 4.74. The van der Waals surface area contributed by atoms with Gasteiger partial charge in [-0.05, 0) is 42.7 Å². The molecule has 3 N–H and O–H groups in total. The van der Waals surface area contributed by atoms with Crippen molar-refractivity contribution in [1.29, 1.82) is 0 Å². The molecular weight excluding hydrogens is 498 g/mol. The Kier molecular flexibility index (Phi) is 7.43. The van der Waals surface area contributed by atoms with Gasteiger partial charge in [-0.25, -0.2) is 18.9 Å². The Hall–Kier alpha value is -4.16. The summed E-state index contributed by atoms with van der Waals surface area (Å²) in [7, 11) is 0. The van der Waals surface area contributed by atoms with Crippen LogP contribution in [0.25, 0.3) is 10.9 Å². The number of nitrogens with one attached hydrogen (secondary N) is 2. The van der Waals surface area contributed by atoms with Crippen molar-refractivity contribution in [2.45, 2.75) is 31.3 Å². The summed E-state index contributed by atoms with van der Waals surface area (Å²) < 4.78 is 34.4. The Morgan fingerprint density at radius 3 is 2.87 bits per heavy atom. The number of H-pyrrole nitrogens is 1. The first-order valence-corrected chi connectivity index (χ1v) is 12.2. The van der Waals surface area contributed by atoms with Gasteiger partial charge in [0, 0.05) is 35.6 Å². The molecule has 38 heavy (non-hydrogen) atoms. The van der Waals surface area contributed by atoms with E-state index >= 15 is 0 Å². The number of hydrogen-bond donors (Lipinski definition) is 3. The molecule has 0 bridgehead atoms. The molecule has 5 rings (SSSR count). The summed E-state index contributed by atoms with van der Waals surface area (Å²) in [6.45, 7) is 0.693. The van der Waals surface area contributed by atoms with Crippen LogP contribution < -0.4 is 5.48 Å². The number of carbonyl (C=O) groups is 2. The van der Waals surface area contributed by atoms with Crippen LogP contribution in [0.1, 0.15) is 46.5 Å². The van der Waals surface area contributed by atoms with E-state index in [-0.39, 0.29) is 31.2 Å². The second-order valence-corrected chi connectivity index (χ2v) is 9.13. The lowest BCUT2D eigenvalue weighted by atomic mass is 10.0. The number of benzene rings is 2. The molecule has 2 amide bonds. The number of carbonyl (C=O) groups excluding carboxylic acids is 2. The number of rotatable bonds is 8. The highest BCUT2D eigenvalue weighted by Gasteiger charge is 2.32. The van der Waals surface area contributed by atoms with Gasteiger partial charge in [0.15, 0.2) is 11.6 Å². The van der Waals surface area contributed by atoms with Crippen molar-refractivity contribution in [2.75, 3.05) is 19.8 Å². The molecule has 10 nitrogen and oxygen atoms in total. The van der Waals surface area contributed by atoms with Gasteiger partial charge in [0.05, 0.1) is 25.5 Å². The van der Waals surface area contributed by atoms with Gasteiger partial charge in [0.25, 0.3) is 5.91 Å². The standard InChI is InChI=1S/C26H26F2N6O4/c27-20-7-5-16(12-21(20)28)26(36)33-9-10-38-15-24(33)23-14-34(32-30-23)18(6-8-25(35)31-37)11-17-13-29-22-4-2-1-3-19(17)22/h1-5,7,12-14,18,24,29,37H,6,8-11,15H2,(H,31,35)/t18-,24?/m1/s1. The van der Waals surface area contributed by atoms with Crippen molar-refractivity contribution in [3.63, 3.8) is 0 Å². The number of ether oxygens (including phenoxy) is 1. The molecule has 12 heteroatoms. The van der Waals surface area contributed by atoms with Crippen molar-refractivity contribution < 1.29 is 28.3 Å². The first-order valence-electron chi connectivity index (χ1n) is 12.2. The fraction of sp³-hybridized carbons (Fsp3) is 0.308. The predicted molar refractivity (Wildman–Crippen MR) is 131 cm³/mol. The van der Waals surface area contributed by atoms with Gasteiger partial charge < -0.3 is 14.6 Å². The summed E-state index contributed by atoms with van der Waals surface area (Å²) in [5.41, 5.74) is 4.17. The highest BCUT2D eigenvalue weighted by molar-refractivity contribution is 5.94. The van der Waals surface area contributed by atoms with E-state index in [1.807, 2.05) is 30.5 Å². The molecule has 0 aliphatic carbocycles. The number of para-hydroxylation sites is 1. The van der Waals surface area contributed by atoms with E-state index in [1.54, 1.807) is 16.4 Å². The third kappa shape index (κ3) is 5.27. The summed E-state index contributed by atoms with van der Waals surface area (Å²) in [5, 5.41) is 18.6. The van der Waals surface area contributed by atoms with Crippen molar-refractivity contribution in [3.05, 3.63) is 83.3 Å². The van der Waals surface area contributed by atoms with Gasteiger partial charge in [0.2, 0.25) is 5.91 Å². The topological polar surface area (TPSA) is 125 Å². The van der Waals surface area contributed by atoms with Gasteiger partial charge in [-0.2, -0.15) is 0 Å². The smallest absolute Gasteiger partial charge is 0.254 e. The molecule has 1 aliphatic rings. The molecule has 3 heterocycles. The summed E-state index contributed by atoms with van der Waals surface area (Å²) in [6.07, 6.45) is 4.59. The Labute approximate surface area is 216 Å². The summed E-state index contributed by atoms with van der Waals surface area (Å²) in [4.78, 5) is 29.7. The average Bonchev–Trinajstić information content (AvgIpc) is 3.59. The van der Waals surface area contributed by atoms with Crippen LogP contribution in [0.5, 0.6) is 0 Å². The molecule has 1 fully saturated rings. The molecule has 1 saturated heterocycles. The van der Waals surface area contributed by atoms with Gasteiger partial charge >= 0.3 is 0 Å². The van der Waals surface area contributed by atoms with Crippen LogP contribution in [-0.4, -0.2) is 61.7 Å². The summed E-state index contributed by atoms with van der Waals surface area (Å²) >= 11 is 0. The lowest BCUT2D eigenvalue weighted by Crippen LogP contribution is -2.43. The van der Waals surface area contributed by atoms with E-state index in [1.165, 1.54) is 11.0 Å². The molecular formula is C26H26F2N6O4. The minimum atomic E-state index is -1.10. The van der Waals surface area contributed by atoms with Crippen LogP contribution in [0.15, 0.2) is 54.9 Å². The lowest BCUT2D eigenvalue weighted by Gasteiger charge is -2.34. The predicted octanol–water partition coefficient (Wildman–Crippen LogP) is 3.32. The van der Waals surface area contributed by atoms with E-state index in [4.69, 9.17) is 9.94 Å². The normalized spacial score (nSPS) is 16.5. The Bertz CT molecular complexity index is 1450. The van der Waals surface area contributed by atoms with Crippen LogP contribution in [0.4, 0.5) is 8.78 Å². The number of aromatic nitrogens is 4. The fourth-order valence-corrected chi connectivity index (χ4v) is 4.74. The molecule has 4 aromatic rings. The van der Waals surface area contributed by atoms with E-state index in [2.05, 4.69) is 15.3 Å². The van der Waals surface area contributed by atoms with Crippen LogP contribution in [0.3, 0.4) is 0 Å². The Morgan fingerprint density at radius 2 is 2.05 bits per heavy atom. The SMILES string of the molecule is O=C(CC[C@H](Cc1c[nH]c2ccccc12)n1cc(C2COCCN2C(=O)c2ccc(F)c(F)c2)nn1)NO. The maximum absolute atomic E-state index is 13.8. The maximum atomic E-state index is 13.8. The monoisotopic (exact) mass is 524 g/mol. The van der Waals surface area contributed by atoms with Gasteiger partial charge in [-0.15, -0.1) is 5.10 Å². The van der Waals surface area contributed by atoms with Crippen molar-refractivity contribution >= 4 is 22.7 Å². The first kappa shape index (κ1) is 25.5. The quantitative estimate of drug-likeness (QED) is 0.240. The average molecular weight is 525 g/mol. The molecule has 1 unspecified atom stereocenters. The van der Waals surface area contributed by atoms with Crippen LogP contribution in [0, 0.1) is 11.6 Å². The molecule has 0 saturated carbocycles. The number of hydroxylamine groups is 1. The zero-order valence-electron chi connectivity index (χ0n) is 20.3. The molecule has 2 atom stereocenters. The van der Waals surface area contributed by atoms with Crippen molar-refractivity contribution in [3.8, 4) is 0 Å². The minimum absolute atomic E-state index is 0.0235. The molecule has 2 aromatic heterocycles. The van der Waals surface area contributed by atoms with Crippen LogP contribution in [-0.2, 0) is 16.0 Å². The van der Waals surface area contributed by atoms with Gasteiger partial charge in [0.1, 0.15) is 11.7 Å². The Morgan fingerprint density at radius 1 is 1.21 bits per heavy atom. The lowest BCUT2D eigenvalue weighted by molar-refractivity contribution is -0.129. The summed E-state index contributed by atoms with van der Waals surface area (Å²) in [6, 6.07) is 10.0. The molecule has 1 aliphatic heterocycles. The number of nitrogens with zero attached hydrogens (tertiary/aromatic N) is 4. The maximum Gasteiger partial charge on any atom is 0.254 e. The number of fused-ring (bicyclic) bond motifs is 1. The van der Waals surface area contributed by atoms with E-state index in [9.17, 15) is 18.4 Å². The van der Waals surface area contributed by atoms with E-state index < -0.39 is 29.5 Å². The largest absolute Gasteiger partial charge is 0.377 e. The van der Waals surface area contributed by atoms with Gasteiger partial charge in [-0.3, -0.25) is 14.8 Å². The number of hydrogen-bond acceptors (Lipinski definition) is 6.